The van der Waals surface area contributed by atoms with Gasteiger partial charge < -0.3 is 20.4 Å². The van der Waals surface area contributed by atoms with E-state index in [-0.39, 0.29) is 0 Å². The molecule has 3 fully saturated rings. The lowest BCUT2D eigenvalue weighted by molar-refractivity contribution is 0.214. The first-order chi connectivity index (χ1) is 12.2. The van der Waals surface area contributed by atoms with E-state index in [9.17, 15) is 0 Å². The van der Waals surface area contributed by atoms with Gasteiger partial charge in [0.25, 0.3) is 0 Å². The summed E-state index contributed by atoms with van der Waals surface area (Å²) in [5.41, 5.74) is 0. The molecule has 2 saturated heterocycles. The highest BCUT2D eigenvalue weighted by Gasteiger charge is 2.26. The van der Waals surface area contributed by atoms with Crippen LogP contribution in [0.1, 0.15) is 51.9 Å². The van der Waals surface area contributed by atoms with E-state index in [1.54, 1.807) is 0 Å². The van der Waals surface area contributed by atoms with Gasteiger partial charge in [-0.15, -0.1) is 0 Å². The molecule has 5 nitrogen and oxygen atoms in total. The smallest absolute Gasteiger partial charge is 0.191 e. The van der Waals surface area contributed by atoms with Crippen molar-refractivity contribution >= 4 is 5.96 Å². The number of aliphatic imine (C=N–C) groups is 1. The molecule has 3 rings (SSSR count). The topological polar surface area (TPSA) is 42.9 Å². The van der Waals surface area contributed by atoms with Gasteiger partial charge in [-0.3, -0.25) is 4.99 Å². The minimum absolute atomic E-state index is 0.563. The van der Waals surface area contributed by atoms with Gasteiger partial charge in [0.2, 0.25) is 0 Å². The van der Waals surface area contributed by atoms with Gasteiger partial charge in [-0.1, -0.05) is 12.8 Å². The highest BCUT2D eigenvalue weighted by molar-refractivity contribution is 5.80. The Labute approximate surface area is 154 Å². The molecule has 0 aromatic rings. The number of hydrogen-bond donors (Lipinski definition) is 2. The number of rotatable bonds is 6. The summed E-state index contributed by atoms with van der Waals surface area (Å²) in [5, 5.41) is 7.16. The van der Waals surface area contributed by atoms with Gasteiger partial charge >= 0.3 is 0 Å². The van der Waals surface area contributed by atoms with E-state index >= 15 is 0 Å². The van der Waals surface area contributed by atoms with E-state index in [4.69, 9.17) is 4.99 Å². The van der Waals surface area contributed by atoms with Crippen molar-refractivity contribution in [1.29, 1.82) is 0 Å². The first-order valence-electron chi connectivity index (χ1n) is 10.7. The molecule has 25 heavy (non-hydrogen) atoms. The van der Waals surface area contributed by atoms with Crippen molar-refractivity contribution in [1.82, 2.24) is 20.4 Å². The van der Waals surface area contributed by atoms with Gasteiger partial charge in [-0.2, -0.15) is 0 Å². The highest BCUT2D eigenvalue weighted by atomic mass is 15.2. The van der Waals surface area contributed by atoms with E-state index in [1.807, 2.05) is 0 Å². The largest absolute Gasteiger partial charge is 0.357 e. The van der Waals surface area contributed by atoms with Gasteiger partial charge in [0.15, 0.2) is 5.96 Å². The Morgan fingerprint density at radius 2 is 1.80 bits per heavy atom. The Hall–Kier alpha value is -0.810. The Morgan fingerprint density at radius 3 is 2.56 bits per heavy atom. The number of likely N-dealkylation sites (tertiary alicyclic amines) is 2. The maximum Gasteiger partial charge on any atom is 0.191 e. The second-order valence-electron chi connectivity index (χ2n) is 8.53. The maximum absolute atomic E-state index is 4.91. The van der Waals surface area contributed by atoms with Crippen molar-refractivity contribution in [3.8, 4) is 0 Å². The summed E-state index contributed by atoms with van der Waals surface area (Å²) in [7, 11) is 2.23. The fraction of sp³-hybridized carbons (Fsp3) is 0.950. The molecule has 2 unspecified atom stereocenters. The summed E-state index contributed by atoms with van der Waals surface area (Å²) in [6.45, 7) is 10.3. The maximum atomic E-state index is 4.91. The van der Waals surface area contributed by atoms with Crippen molar-refractivity contribution in [2.45, 2.75) is 57.9 Å². The van der Waals surface area contributed by atoms with Crippen molar-refractivity contribution < 1.29 is 0 Å². The van der Waals surface area contributed by atoms with Crippen LogP contribution in [-0.4, -0.2) is 74.7 Å². The normalized spacial score (nSPS) is 30.1. The summed E-state index contributed by atoms with van der Waals surface area (Å²) < 4.78 is 0. The molecule has 2 N–H and O–H groups in total. The van der Waals surface area contributed by atoms with Crippen LogP contribution in [0.15, 0.2) is 4.99 Å². The fourth-order valence-electron chi connectivity index (χ4n) is 4.83. The predicted molar refractivity (Wildman–Crippen MR) is 106 cm³/mol. The van der Waals surface area contributed by atoms with Crippen molar-refractivity contribution in [3.05, 3.63) is 0 Å². The van der Waals surface area contributed by atoms with Crippen LogP contribution < -0.4 is 10.6 Å². The second-order valence-corrected chi connectivity index (χ2v) is 8.53. The van der Waals surface area contributed by atoms with Crippen LogP contribution >= 0.6 is 0 Å². The molecule has 2 atom stereocenters. The summed E-state index contributed by atoms with van der Waals surface area (Å²) in [6.07, 6.45) is 9.71. The third kappa shape index (κ3) is 6.14. The molecule has 2 heterocycles. The molecule has 5 heteroatoms. The number of hydrogen-bond acceptors (Lipinski definition) is 3. The lowest BCUT2D eigenvalue weighted by Crippen LogP contribution is -2.45. The number of guanidine groups is 1. The minimum atomic E-state index is 0.563. The highest BCUT2D eigenvalue weighted by Crippen LogP contribution is 2.26. The molecule has 0 radical (unpaired) electrons. The van der Waals surface area contributed by atoms with Crippen LogP contribution in [0.4, 0.5) is 0 Å². The van der Waals surface area contributed by atoms with Gasteiger partial charge in [0.1, 0.15) is 0 Å². The quantitative estimate of drug-likeness (QED) is 0.570. The standard InChI is InChI=1S/C20H39N5/c1-3-21-20(22-13-18-9-6-11-24(2)14-18)23-19-10-12-25(16-19)15-17-7-4-5-8-17/h17-19H,3-16H2,1-2H3,(H2,21,22,23). The Kier molecular flexibility index (Phi) is 7.41. The van der Waals surface area contributed by atoms with Crippen LogP contribution in [0.3, 0.4) is 0 Å². The lowest BCUT2D eigenvalue weighted by Gasteiger charge is -2.29. The average molecular weight is 350 g/mol. The van der Waals surface area contributed by atoms with Crippen molar-refractivity contribution in [2.24, 2.45) is 16.8 Å². The van der Waals surface area contributed by atoms with E-state index in [0.29, 0.717) is 6.04 Å². The molecular formula is C20H39N5. The van der Waals surface area contributed by atoms with E-state index < -0.39 is 0 Å². The first-order valence-corrected chi connectivity index (χ1v) is 10.7. The molecular weight excluding hydrogens is 310 g/mol. The molecule has 0 aromatic heterocycles. The zero-order valence-electron chi connectivity index (χ0n) is 16.5. The SMILES string of the molecule is CCNC(=NCC1CCCN(C)C1)NC1CCN(CC2CCCC2)C1. The average Bonchev–Trinajstić information content (AvgIpc) is 3.26. The predicted octanol–water partition coefficient (Wildman–Crippen LogP) is 2.15. The van der Waals surface area contributed by atoms with Gasteiger partial charge in [-0.25, -0.2) is 0 Å². The summed E-state index contributed by atoms with van der Waals surface area (Å²) in [5.74, 6) is 2.71. The second kappa shape index (κ2) is 9.77. The van der Waals surface area contributed by atoms with Crippen molar-refractivity contribution in [3.63, 3.8) is 0 Å². The van der Waals surface area contributed by atoms with E-state index in [0.717, 1.165) is 30.9 Å². The van der Waals surface area contributed by atoms with E-state index in [1.165, 1.54) is 77.7 Å². The summed E-state index contributed by atoms with van der Waals surface area (Å²) >= 11 is 0. The minimum Gasteiger partial charge on any atom is -0.357 e. The third-order valence-corrected chi connectivity index (χ3v) is 6.18. The van der Waals surface area contributed by atoms with E-state index in [2.05, 4.69) is 34.4 Å². The Balaban J connectivity index is 1.43. The molecule has 0 spiro atoms. The first kappa shape index (κ1) is 19.0. The molecule has 0 amide bonds. The number of nitrogens with zero attached hydrogens (tertiary/aromatic N) is 3. The number of piperidine rings is 1. The Morgan fingerprint density at radius 1 is 1.00 bits per heavy atom. The number of nitrogens with one attached hydrogen (secondary N) is 2. The Bertz CT molecular complexity index is 418. The van der Waals surface area contributed by atoms with Crippen LogP contribution in [-0.2, 0) is 0 Å². The van der Waals surface area contributed by atoms with Crippen LogP contribution in [0, 0.1) is 11.8 Å². The van der Waals surface area contributed by atoms with Gasteiger partial charge in [0, 0.05) is 45.3 Å². The monoisotopic (exact) mass is 349 g/mol. The third-order valence-electron chi connectivity index (χ3n) is 6.18. The van der Waals surface area contributed by atoms with Gasteiger partial charge in [0.05, 0.1) is 0 Å². The molecule has 1 aliphatic carbocycles. The van der Waals surface area contributed by atoms with Crippen LogP contribution in [0.5, 0.6) is 0 Å². The van der Waals surface area contributed by atoms with Crippen LogP contribution in [0.25, 0.3) is 0 Å². The van der Waals surface area contributed by atoms with Crippen LogP contribution in [0.2, 0.25) is 0 Å². The molecule has 1 saturated carbocycles. The summed E-state index contributed by atoms with van der Waals surface area (Å²) in [6, 6.07) is 0.563. The molecule has 0 aromatic carbocycles. The molecule has 0 bridgehead atoms. The molecule has 2 aliphatic heterocycles. The fourth-order valence-corrected chi connectivity index (χ4v) is 4.83. The van der Waals surface area contributed by atoms with Gasteiger partial charge in [-0.05, 0) is 64.5 Å². The lowest BCUT2D eigenvalue weighted by atomic mass is 9.99. The zero-order valence-corrected chi connectivity index (χ0v) is 16.5. The van der Waals surface area contributed by atoms with Crippen molar-refractivity contribution in [2.75, 3.05) is 52.9 Å². The summed E-state index contributed by atoms with van der Waals surface area (Å²) in [4.78, 5) is 10.0. The zero-order chi connectivity index (χ0) is 17.5. The molecule has 3 aliphatic rings. The molecule has 144 valence electrons.